The number of likely N-dealkylation sites (tertiary alicyclic amines) is 1. The number of hydrogen-bond donors (Lipinski definition) is 1. The summed E-state index contributed by atoms with van der Waals surface area (Å²) >= 11 is 1.59. The number of carbonyl (C=O) groups excluding carboxylic acids is 1. The molecule has 0 radical (unpaired) electrons. The Bertz CT molecular complexity index is 470. The molecule has 1 amide bonds. The van der Waals surface area contributed by atoms with Crippen LogP contribution in [0.25, 0.3) is 0 Å². The average Bonchev–Trinajstić information content (AvgIpc) is 2.95. The third-order valence-electron chi connectivity index (χ3n) is 4.07. The van der Waals surface area contributed by atoms with Crippen LogP contribution in [-0.2, 0) is 5.41 Å². The Morgan fingerprint density at radius 3 is 2.62 bits per heavy atom. The van der Waals surface area contributed by atoms with E-state index in [1.165, 1.54) is 6.42 Å². The van der Waals surface area contributed by atoms with Gasteiger partial charge < -0.3 is 10.2 Å². The van der Waals surface area contributed by atoms with E-state index in [1.54, 1.807) is 11.3 Å². The molecule has 5 heteroatoms. The molecule has 1 N–H and O–H groups in total. The predicted octanol–water partition coefficient (Wildman–Crippen LogP) is 2.90. The molecule has 2 rings (SSSR count). The van der Waals surface area contributed by atoms with E-state index in [0.717, 1.165) is 43.4 Å². The van der Waals surface area contributed by atoms with Crippen molar-refractivity contribution in [3.05, 3.63) is 16.1 Å². The fraction of sp³-hybridized carbons (Fsp3) is 0.750. The highest BCUT2D eigenvalue weighted by atomic mass is 32.1. The lowest BCUT2D eigenvalue weighted by Crippen LogP contribution is -2.39. The molecule has 118 valence electrons. The van der Waals surface area contributed by atoms with Crippen LogP contribution < -0.4 is 5.32 Å². The summed E-state index contributed by atoms with van der Waals surface area (Å²) in [6.07, 6.45) is 3.44. The Morgan fingerprint density at radius 1 is 1.43 bits per heavy atom. The zero-order valence-corrected chi connectivity index (χ0v) is 14.4. The van der Waals surface area contributed by atoms with Crippen LogP contribution in [-0.4, -0.2) is 42.5 Å². The number of piperidine rings is 1. The molecule has 0 atom stereocenters. The van der Waals surface area contributed by atoms with E-state index >= 15 is 0 Å². The van der Waals surface area contributed by atoms with Crippen LogP contribution in [0.5, 0.6) is 0 Å². The van der Waals surface area contributed by atoms with Gasteiger partial charge in [0.25, 0.3) is 5.91 Å². The van der Waals surface area contributed by atoms with Crippen molar-refractivity contribution in [2.24, 2.45) is 5.92 Å². The van der Waals surface area contributed by atoms with E-state index < -0.39 is 0 Å². The van der Waals surface area contributed by atoms with E-state index in [1.807, 2.05) is 17.3 Å². The SMILES string of the molecule is CNCCC1CCN(C(=O)c2csc(C(C)(C)C)n2)CC1. The molecule has 0 bridgehead atoms. The lowest BCUT2D eigenvalue weighted by atomic mass is 9.93. The van der Waals surface area contributed by atoms with Gasteiger partial charge in [-0.05, 0) is 38.8 Å². The largest absolute Gasteiger partial charge is 0.337 e. The highest BCUT2D eigenvalue weighted by molar-refractivity contribution is 7.10. The molecule has 0 aromatic carbocycles. The minimum atomic E-state index is 0.0172. The lowest BCUT2D eigenvalue weighted by Gasteiger charge is -2.31. The van der Waals surface area contributed by atoms with Crippen LogP contribution in [0.4, 0.5) is 0 Å². The third kappa shape index (κ3) is 4.27. The van der Waals surface area contributed by atoms with Crippen LogP contribution in [0.1, 0.15) is 55.5 Å². The first-order valence-electron chi connectivity index (χ1n) is 7.81. The lowest BCUT2D eigenvalue weighted by molar-refractivity contribution is 0.0681. The van der Waals surface area contributed by atoms with Crippen molar-refractivity contribution in [2.75, 3.05) is 26.7 Å². The van der Waals surface area contributed by atoms with Gasteiger partial charge in [0.2, 0.25) is 0 Å². The van der Waals surface area contributed by atoms with Gasteiger partial charge in [-0.25, -0.2) is 4.98 Å². The maximum Gasteiger partial charge on any atom is 0.273 e. The fourth-order valence-electron chi connectivity index (χ4n) is 2.65. The fourth-order valence-corrected chi connectivity index (χ4v) is 3.53. The van der Waals surface area contributed by atoms with E-state index in [2.05, 4.69) is 31.1 Å². The Morgan fingerprint density at radius 2 is 2.10 bits per heavy atom. The monoisotopic (exact) mass is 309 g/mol. The average molecular weight is 309 g/mol. The molecule has 1 aliphatic heterocycles. The number of thiazole rings is 1. The number of hydrogen-bond acceptors (Lipinski definition) is 4. The molecule has 0 saturated carbocycles. The second kappa shape index (κ2) is 6.88. The maximum absolute atomic E-state index is 12.5. The molecule has 2 heterocycles. The molecule has 1 saturated heterocycles. The second-order valence-electron chi connectivity index (χ2n) is 6.92. The highest BCUT2D eigenvalue weighted by Crippen LogP contribution is 2.27. The topological polar surface area (TPSA) is 45.2 Å². The number of amides is 1. The summed E-state index contributed by atoms with van der Waals surface area (Å²) in [7, 11) is 1.99. The van der Waals surface area contributed by atoms with Gasteiger partial charge in [-0.15, -0.1) is 11.3 Å². The Labute approximate surface area is 132 Å². The molecule has 1 fully saturated rings. The zero-order valence-electron chi connectivity index (χ0n) is 13.6. The van der Waals surface area contributed by atoms with Crippen LogP contribution >= 0.6 is 11.3 Å². The van der Waals surface area contributed by atoms with Crippen LogP contribution in [0.15, 0.2) is 5.38 Å². The number of nitrogens with one attached hydrogen (secondary N) is 1. The predicted molar refractivity (Wildman–Crippen MR) is 88.0 cm³/mol. The van der Waals surface area contributed by atoms with Crippen molar-refractivity contribution in [3.63, 3.8) is 0 Å². The molecular formula is C16H27N3OS. The number of nitrogens with zero attached hydrogens (tertiary/aromatic N) is 2. The first-order valence-corrected chi connectivity index (χ1v) is 8.69. The maximum atomic E-state index is 12.5. The summed E-state index contributed by atoms with van der Waals surface area (Å²) in [4.78, 5) is 19.0. The van der Waals surface area contributed by atoms with Gasteiger partial charge in [0, 0.05) is 23.9 Å². The van der Waals surface area contributed by atoms with E-state index in [-0.39, 0.29) is 11.3 Å². The van der Waals surface area contributed by atoms with Crippen molar-refractivity contribution in [3.8, 4) is 0 Å². The van der Waals surface area contributed by atoms with Gasteiger partial charge in [-0.3, -0.25) is 4.79 Å². The standard InChI is InChI=1S/C16H27N3OS/c1-16(2,3)15-18-13(11-21-15)14(20)19-9-6-12(7-10-19)5-8-17-4/h11-12,17H,5-10H2,1-4H3. The van der Waals surface area contributed by atoms with Crippen molar-refractivity contribution in [1.82, 2.24) is 15.2 Å². The molecule has 21 heavy (non-hydrogen) atoms. The molecule has 0 aliphatic carbocycles. The van der Waals surface area contributed by atoms with Gasteiger partial charge in [-0.1, -0.05) is 20.8 Å². The first kappa shape index (κ1) is 16.4. The minimum absolute atomic E-state index is 0.0172. The van der Waals surface area contributed by atoms with Crippen molar-refractivity contribution in [2.45, 2.75) is 45.4 Å². The molecule has 4 nitrogen and oxygen atoms in total. The summed E-state index contributed by atoms with van der Waals surface area (Å²) in [5, 5.41) is 6.15. The van der Waals surface area contributed by atoms with Crippen LogP contribution in [0.3, 0.4) is 0 Å². The van der Waals surface area contributed by atoms with Gasteiger partial charge in [0.05, 0.1) is 5.01 Å². The Hall–Kier alpha value is -0.940. The van der Waals surface area contributed by atoms with Gasteiger partial charge in [0.15, 0.2) is 0 Å². The zero-order chi connectivity index (χ0) is 15.5. The molecule has 0 unspecified atom stereocenters. The molecule has 1 aliphatic rings. The second-order valence-corrected chi connectivity index (χ2v) is 7.77. The van der Waals surface area contributed by atoms with Crippen molar-refractivity contribution < 1.29 is 4.79 Å². The molecule has 1 aromatic rings. The number of carbonyl (C=O) groups is 1. The van der Waals surface area contributed by atoms with E-state index in [9.17, 15) is 4.79 Å². The Balaban J connectivity index is 1.91. The van der Waals surface area contributed by atoms with Gasteiger partial charge in [0.1, 0.15) is 5.69 Å². The minimum Gasteiger partial charge on any atom is -0.337 e. The molecule has 0 spiro atoms. The Kier molecular flexibility index (Phi) is 5.38. The molecule has 1 aromatic heterocycles. The van der Waals surface area contributed by atoms with Gasteiger partial charge >= 0.3 is 0 Å². The highest BCUT2D eigenvalue weighted by Gasteiger charge is 2.26. The normalized spacial score (nSPS) is 17.2. The summed E-state index contributed by atoms with van der Waals surface area (Å²) < 4.78 is 0. The summed E-state index contributed by atoms with van der Waals surface area (Å²) in [5.41, 5.74) is 0.641. The van der Waals surface area contributed by atoms with Gasteiger partial charge in [-0.2, -0.15) is 0 Å². The van der Waals surface area contributed by atoms with Crippen LogP contribution in [0.2, 0.25) is 0 Å². The van der Waals surface area contributed by atoms with Crippen molar-refractivity contribution in [1.29, 1.82) is 0 Å². The van der Waals surface area contributed by atoms with E-state index in [4.69, 9.17) is 0 Å². The molecular weight excluding hydrogens is 282 g/mol. The van der Waals surface area contributed by atoms with Crippen molar-refractivity contribution >= 4 is 17.2 Å². The van der Waals surface area contributed by atoms with E-state index in [0.29, 0.717) is 5.69 Å². The number of aromatic nitrogens is 1. The summed E-state index contributed by atoms with van der Waals surface area (Å²) in [6, 6.07) is 0. The first-order chi connectivity index (χ1) is 9.91. The summed E-state index contributed by atoms with van der Waals surface area (Å²) in [5.74, 6) is 0.857. The smallest absolute Gasteiger partial charge is 0.273 e. The third-order valence-corrected chi connectivity index (χ3v) is 5.34. The quantitative estimate of drug-likeness (QED) is 0.930. The van der Waals surface area contributed by atoms with Crippen LogP contribution in [0, 0.1) is 5.92 Å². The number of rotatable bonds is 4. The summed E-state index contributed by atoms with van der Waals surface area (Å²) in [6.45, 7) is 9.21.